The lowest BCUT2D eigenvalue weighted by Crippen LogP contribution is -2.02. The summed E-state index contributed by atoms with van der Waals surface area (Å²) in [6.45, 7) is 2.12. The molecule has 0 amide bonds. The Morgan fingerprint density at radius 1 is 1.27 bits per heavy atom. The Labute approximate surface area is 172 Å². The van der Waals surface area contributed by atoms with Crippen molar-refractivity contribution in [3.8, 4) is 28.7 Å². The summed E-state index contributed by atoms with van der Waals surface area (Å²) in [5.41, 5.74) is 1.31. The van der Waals surface area contributed by atoms with Crippen molar-refractivity contribution in [3.05, 3.63) is 53.6 Å². The van der Waals surface area contributed by atoms with Crippen LogP contribution < -0.4 is 14.2 Å². The first-order valence-electron chi connectivity index (χ1n) is 9.26. The summed E-state index contributed by atoms with van der Waals surface area (Å²) in [6, 6.07) is 8.52. The van der Waals surface area contributed by atoms with Gasteiger partial charge in [0, 0.05) is 12.5 Å². The van der Waals surface area contributed by atoms with Gasteiger partial charge in [0.1, 0.15) is 12.4 Å². The van der Waals surface area contributed by atoms with E-state index in [-0.39, 0.29) is 36.0 Å². The maximum Gasteiger partial charge on any atom is 0.303 e. The average Bonchev–Trinajstić information content (AvgIpc) is 3.14. The molecule has 8 nitrogen and oxygen atoms in total. The zero-order valence-corrected chi connectivity index (χ0v) is 16.6. The summed E-state index contributed by atoms with van der Waals surface area (Å²) >= 11 is 0. The molecule has 0 unspecified atom stereocenters. The van der Waals surface area contributed by atoms with Crippen molar-refractivity contribution in [1.82, 2.24) is 10.1 Å². The van der Waals surface area contributed by atoms with Gasteiger partial charge < -0.3 is 23.8 Å². The Kier molecular flexibility index (Phi) is 6.84. The van der Waals surface area contributed by atoms with E-state index in [0.717, 1.165) is 11.8 Å². The molecular formula is C21H21FN2O6. The molecule has 3 rings (SSSR count). The van der Waals surface area contributed by atoms with Crippen LogP contribution in [0.15, 0.2) is 41.1 Å². The van der Waals surface area contributed by atoms with Gasteiger partial charge in [-0.3, -0.25) is 4.79 Å². The number of nitrogens with zero attached hydrogens (tertiary/aromatic N) is 2. The van der Waals surface area contributed by atoms with Crippen LogP contribution in [0.5, 0.6) is 17.4 Å². The first kappa shape index (κ1) is 21.1. The Hall–Kier alpha value is -3.62. The van der Waals surface area contributed by atoms with Gasteiger partial charge in [0.25, 0.3) is 0 Å². The van der Waals surface area contributed by atoms with Crippen molar-refractivity contribution in [2.75, 3.05) is 13.7 Å². The predicted molar refractivity (Wildman–Crippen MR) is 104 cm³/mol. The molecule has 158 valence electrons. The van der Waals surface area contributed by atoms with Crippen LogP contribution in [0.25, 0.3) is 11.3 Å². The second-order valence-corrected chi connectivity index (χ2v) is 6.26. The normalized spacial score (nSPS) is 10.6. The Morgan fingerprint density at radius 3 is 2.83 bits per heavy atom. The topological polar surface area (TPSA) is 104 Å². The van der Waals surface area contributed by atoms with E-state index in [1.807, 2.05) is 6.07 Å². The number of carbonyl (C=O) groups is 1. The maximum atomic E-state index is 14.3. The van der Waals surface area contributed by atoms with E-state index in [0.29, 0.717) is 24.5 Å². The van der Waals surface area contributed by atoms with Crippen LogP contribution in [0.4, 0.5) is 4.39 Å². The van der Waals surface area contributed by atoms with Crippen molar-refractivity contribution in [2.24, 2.45) is 0 Å². The summed E-state index contributed by atoms with van der Waals surface area (Å²) in [5, 5.41) is 12.8. The largest absolute Gasteiger partial charge is 0.488 e. The molecule has 0 atom stereocenters. The second-order valence-electron chi connectivity index (χ2n) is 6.26. The number of methoxy groups -OCH3 is 1. The van der Waals surface area contributed by atoms with Gasteiger partial charge >= 0.3 is 5.97 Å². The number of ether oxygens (including phenoxy) is 3. The van der Waals surface area contributed by atoms with Crippen LogP contribution in [-0.2, 0) is 17.8 Å². The van der Waals surface area contributed by atoms with Crippen LogP contribution in [-0.4, -0.2) is 34.9 Å². The highest BCUT2D eigenvalue weighted by Crippen LogP contribution is 2.36. The number of hydrogen-bond acceptors (Lipinski definition) is 7. The number of aromatic nitrogens is 2. The van der Waals surface area contributed by atoms with Gasteiger partial charge in [0.2, 0.25) is 11.6 Å². The second kappa shape index (κ2) is 9.73. The van der Waals surface area contributed by atoms with Gasteiger partial charge in [-0.05, 0) is 31.0 Å². The number of hydrogen-bond donors (Lipinski definition) is 1. The molecule has 3 aromatic rings. The van der Waals surface area contributed by atoms with Gasteiger partial charge in [0.05, 0.1) is 25.5 Å². The molecule has 0 fully saturated rings. The standard InChI is InChI=1S/C21H21FN2O6/c1-3-28-21-17(12-29-14-6-4-5-13(9-14)7-8-19(25)26)24-30-20(21)15-10-18(27-2)23-11-16(15)22/h4-6,9-11H,3,7-8,12H2,1-2H3,(H,25,26). The van der Waals surface area contributed by atoms with E-state index >= 15 is 0 Å². The minimum atomic E-state index is -0.863. The SMILES string of the molecule is CCOc1c(COc2cccc(CCC(=O)O)c2)noc1-c1cc(OC)ncc1F. The molecule has 0 radical (unpaired) electrons. The number of pyridine rings is 1. The highest BCUT2D eigenvalue weighted by atomic mass is 19.1. The van der Waals surface area contributed by atoms with Gasteiger partial charge in [-0.2, -0.15) is 0 Å². The number of carboxylic acids is 1. The molecule has 0 aliphatic heterocycles. The van der Waals surface area contributed by atoms with Gasteiger partial charge in [-0.1, -0.05) is 17.3 Å². The summed E-state index contributed by atoms with van der Waals surface area (Å²) in [5.74, 6) is -0.317. The molecule has 0 saturated carbocycles. The number of halogens is 1. The number of aryl methyl sites for hydroxylation is 1. The zero-order valence-electron chi connectivity index (χ0n) is 16.6. The van der Waals surface area contributed by atoms with Crippen molar-refractivity contribution >= 4 is 5.97 Å². The molecule has 1 N–H and O–H groups in total. The molecule has 2 aromatic heterocycles. The van der Waals surface area contributed by atoms with Crippen molar-refractivity contribution < 1.29 is 33.0 Å². The van der Waals surface area contributed by atoms with Crippen molar-refractivity contribution in [3.63, 3.8) is 0 Å². The van der Waals surface area contributed by atoms with Crippen LogP contribution in [0.3, 0.4) is 0 Å². The number of benzene rings is 1. The molecular weight excluding hydrogens is 395 g/mol. The lowest BCUT2D eigenvalue weighted by molar-refractivity contribution is -0.136. The third-order valence-corrected chi connectivity index (χ3v) is 4.19. The van der Waals surface area contributed by atoms with Crippen LogP contribution in [0.2, 0.25) is 0 Å². The van der Waals surface area contributed by atoms with E-state index < -0.39 is 11.8 Å². The number of aliphatic carboxylic acids is 1. The molecule has 0 aliphatic rings. The molecule has 9 heteroatoms. The molecule has 1 aromatic carbocycles. The molecule has 30 heavy (non-hydrogen) atoms. The van der Waals surface area contributed by atoms with E-state index in [1.54, 1.807) is 25.1 Å². The Balaban J connectivity index is 1.81. The average molecular weight is 416 g/mol. The fraction of sp³-hybridized carbons (Fsp3) is 0.286. The molecule has 0 spiro atoms. The first-order chi connectivity index (χ1) is 14.5. The highest BCUT2D eigenvalue weighted by molar-refractivity contribution is 5.67. The monoisotopic (exact) mass is 416 g/mol. The van der Waals surface area contributed by atoms with Crippen molar-refractivity contribution in [1.29, 1.82) is 0 Å². The quantitative estimate of drug-likeness (QED) is 0.531. The molecule has 0 saturated heterocycles. The van der Waals surface area contributed by atoms with Crippen molar-refractivity contribution in [2.45, 2.75) is 26.4 Å². The fourth-order valence-corrected chi connectivity index (χ4v) is 2.77. The summed E-state index contributed by atoms with van der Waals surface area (Å²) < 4.78 is 36.1. The lowest BCUT2D eigenvalue weighted by Gasteiger charge is -2.09. The van der Waals surface area contributed by atoms with E-state index in [1.165, 1.54) is 13.2 Å². The third kappa shape index (κ3) is 5.05. The number of rotatable bonds is 10. The zero-order chi connectivity index (χ0) is 21.5. The fourth-order valence-electron chi connectivity index (χ4n) is 2.77. The summed E-state index contributed by atoms with van der Waals surface area (Å²) in [4.78, 5) is 14.6. The van der Waals surface area contributed by atoms with E-state index in [2.05, 4.69) is 10.1 Å². The highest BCUT2D eigenvalue weighted by Gasteiger charge is 2.23. The summed E-state index contributed by atoms with van der Waals surface area (Å²) in [7, 11) is 1.43. The van der Waals surface area contributed by atoms with Crippen LogP contribution in [0, 0.1) is 5.82 Å². The number of carboxylic acid groups (broad SMARTS) is 1. The van der Waals surface area contributed by atoms with Gasteiger partial charge in [-0.25, -0.2) is 9.37 Å². The van der Waals surface area contributed by atoms with Gasteiger partial charge in [-0.15, -0.1) is 0 Å². The molecule has 2 heterocycles. The smallest absolute Gasteiger partial charge is 0.303 e. The van der Waals surface area contributed by atoms with E-state index in [4.69, 9.17) is 23.8 Å². The van der Waals surface area contributed by atoms with E-state index in [9.17, 15) is 9.18 Å². The minimum absolute atomic E-state index is 0.0189. The summed E-state index contributed by atoms with van der Waals surface area (Å²) in [6.07, 6.45) is 1.46. The van der Waals surface area contributed by atoms with Crippen LogP contribution in [0.1, 0.15) is 24.6 Å². The maximum absolute atomic E-state index is 14.3. The molecule has 0 aliphatic carbocycles. The minimum Gasteiger partial charge on any atom is -0.488 e. The molecule has 0 bridgehead atoms. The Bertz CT molecular complexity index is 1020. The first-order valence-corrected chi connectivity index (χ1v) is 9.26. The Morgan fingerprint density at radius 2 is 2.10 bits per heavy atom. The van der Waals surface area contributed by atoms with Crippen LogP contribution >= 0.6 is 0 Å². The predicted octanol–water partition coefficient (Wildman–Crippen LogP) is 3.88. The third-order valence-electron chi connectivity index (χ3n) is 4.19. The lowest BCUT2D eigenvalue weighted by atomic mass is 10.1. The van der Waals surface area contributed by atoms with Gasteiger partial charge in [0.15, 0.2) is 17.3 Å².